The largest absolute Gasteiger partial charge is 0.465 e. The number of ketones is 1. The van der Waals surface area contributed by atoms with Gasteiger partial charge in [-0.2, -0.15) is 0 Å². The average molecular weight is 313 g/mol. The third-order valence-electron chi connectivity index (χ3n) is 3.78. The summed E-state index contributed by atoms with van der Waals surface area (Å²) in [6.07, 6.45) is 1.74. The molecule has 1 N–H and O–H groups in total. The van der Waals surface area contributed by atoms with E-state index in [1.54, 1.807) is 13.0 Å². The van der Waals surface area contributed by atoms with E-state index < -0.39 is 11.9 Å². The molecular weight excluding hydrogens is 290 g/mol. The van der Waals surface area contributed by atoms with E-state index in [-0.39, 0.29) is 17.8 Å². The monoisotopic (exact) mass is 313 g/mol. The molecule has 0 bridgehead atoms. The highest BCUT2D eigenvalue weighted by Crippen LogP contribution is 2.26. The fraction of sp³-hybridized carbons (Fsp3) is 0.368. The third kappa shape index (κ3) is 3.70. The number of rotatable bonds is 3. The van der Waals surface area contributed by atoms with E-state index in [1.807, 2.05) is 24.3 Å². The number of nitrogens with one attached hydrogen (secondary N) is 1. The van der Waals surface area contributed by atoms with Gasteiger partial charge in [-0.1, -0.05) is 51.6 Å². The molecule has 1 aromatic carbocycles. The highest BCUT2D eigenvalue weighted by atomic mass is 16.5. The van der Waals surface area contributed by atoms with Crippen LogP contribution in [0.25, 0.3) is 6.08 Å². The van der Waals surface area contributed by atoms with E-state index in [9.17, 15) is 9.59 Å². The van der Waals surface area contributed by atoms with Gasteiger partial charge in [0.25, 0.3) is 0 Å². The van der Waals surface area contributed by atoms with Crippen LogP contribution in [0.3, 0.4) is 0 Å². The van der Waals surface area contributed by atoms with Crippen LogP contribution in [0.2, 0.25) is 0 Å². The molecule has 1 unspecified atom stereocenters. The smallest absolute Gasteiger partial charge is 0.322 e. The van der Waals surface area contributed by atoms with Crippen molar-refractivity contribution in [1.29, 1.82) is 0 Å². The van der Waals surface area contributed by atoms with Crippen LogP contribution < -0.4 is 5.32 Å². The van der Waals surface area contributed by atoms with Crippen LogP contribution in [-0.2, 0) is 19.7 Å². The topological polar surface area (TPSA) is 55.4 Å². The highest BCUT2D eigenvalue weighted by Gasteiger charge is 2.39. The minimum atomic E-state index is -0.949. The second-order valence-electron chi connectivity index (χ2n) is 6.63. The molecule has 1 fully saturated rings. The van der Waals surface area contributed by atoms with E-state index in [0.29, 0.717) is 11.4 Å². The second kappa shape index (κ2) is 6.41. The number of esters is 1. The summed E-state index contributed by atoms with van der Waals surface area (Å²) >= 11 is 0. The quantitative estimate of drug-likeness (QED) is 0.529. The van der Waals surface area contributed by atoms with Gasteiger partial charge in [0, 0.05) is 5.70 Å². The van der Waals surface area contributed by atoms with Gasteiger partial charge >= 0.3 is 5.97 Å². The van der Waals surface area contributed by atoms with Crippen molar-refractivity contribution in [2.75, 3.05) is 6.61 Å². The molecule has 122 valence electrons. The Morgan fingerprint density at radius 3 is 2.43 bits per heavy atom. The van der Waals surface area contributed by atoms with Crippen molar-refractivity contribution >= 4 is 17.8 Å². The lowest BCUT2D eigenvalue weighted by Crippen LogP contribution is -2.23. The van der Waals surface area contributed by atoms with Crippen LogP contribution in [0.4, 0.5) is 0 Å². The molecule has 4 heteroatoms. The van der Waals surface area contributed by atoms with E-state index >= 15 is 0 Å². The minimum absolute atomic E-state index is 0.0798. The first kappa shape index (κ1) is 17.0. The summed E-state index contributed by atoms with van der Waals surface area (Å²) in [5.74, 6) is -1.80. The number of carbonyl (C=O) groups excluding carboxylic acids is 2. The zero-order valence-corrected chi connectivity index (χ0v) is 14.1. The maximum Gasteiger partial charge on any atom is 0.322 e. The molecule has 1 atom stereocenters. The lowest BCUT2D eigenvalue weighted by atomic mass is 9.86. The summed E-state index contributed by atoms with van der Waals surface area (Å²) in [6, 6.07) is 8.01. The van der Waals surface area contributed by atoms with E-state index in [4.69, 9.17) is 4.74 Å². The maximum absolute atomic E-state index is 12.4. The predicted octanol–water partition coefficient (Wildman–Crippen LogP) is 3.19. The number of ether oxygens (including phenoxy) is 1. The van der Waals surface area contributed by atoms with Crippen LogP contribution in [0.1, 0.15) is 38.8 Å². The van der Waals surface area contributed by atoms with Crippen LogP contribution in [-0.4, -0.2) is 18.4 Å². The van der Waals surface area contributed by atoms with Crippen molar-refractivity contribution in [3.8, 4) is 0 Å². The van der Waals surface area contributed by atoms with Gasteiger partial charge in [-0.3, -0.25) is 9.59 Å². The summed E-state index contributed by atoms with van der Waals surface area (Å²) < 4.78 is 4.93. The number of hydrogen-bond donors (Lipinski definition) is 1. The average Bonchev–Trinajstić information content (AvgIpc) is 2.73. The first-order valence-electron chi connectivity index (χ1n) is 7.73. The van der Waals surface area contributed by atoms with Gasteiger partial charge in [0.1, 0.15) is 0 Å². The van der Waals surface area contributed by atoms with Crippen molar-refractivity contribution in [1.82, 2.24) is 5.32 Å². The Kier molecular flexibility index (Phi) is 4.73. The van der Waals surface area contributed by atoms with Gasteiger partial charge in [0.05, 0.1) is 12.3 Å². The normalized spacial score (nSPS) is 19.8. The van der Waals surface area contributed by atoms with Crippen molar-refractivity contribution < 1.29 is 14.3 Å². The minimum Gasteiger partial charge on any atom is -0.465 e. The van der Waals surface area contributed by atoms with E-state index in [0.717, 1.165) is 5.56 Å². The van der Waals surface area contributed by atoms with E-state index in [2.05, 4.69) is 32.7 Å². The van der Waals surface area contributed by atoms with Crippen molar-refractivity contribution in [2.45, 2.75) is 33.1 Å². The molecule has 23 heavy (non-hydrogen) atoms. The number of allylic oxidation sites excluding steroid dienone is 1. The lowest BCUT2D eigenvalue weighted by molar-refractivity contribution is -0.148. The molecule has 0 aliphatic carbocycles. The van der Waals surface area contributed by atoms with Gasteiger partial charge in [-0.25, -0.2) is 0 Å². The van der Waals surface area contributed by atoms with Gasteiger partial charge in [-0.15, -0.1) is 0 Å². The number of carbonyl (C=O) groups is 2. The molecule has 1 aliphatic heterocycles. The first-order chi connectivity index (χ1) is 10.7. The van der Waals surface area contributed by atoms with Crippen LogP contribution in [0, 0.1) is 5.92 Å². The Balaban J connectivity index is 2.22. The predicted molar refractivity (Wildman–Crippen MR) is 90.5 cm³/mol. The molecule has 1 aromatic rings. The number of hydrogen-bond acceptors (Lipinski definition) is 4. The summed E-state index contributed by atoms with van der Waals surface area (Å²) in [4.78, 5) is 24.2. The molecule has 2 rings (SSSR count). The molecule has 1 heterocycles. The van der Waals surface area contributed by atoms with Crippen molar-refractivity contribution in [2.24, 2.45) is 5.92 Å². The lowest BCUT2D eigenvalue weighted by Gasteiger charge is -2.18. The molecule has 0 saturated carbocycles. The standard InChI is InChI=1S/C19H23NO3/c1-6-23-18(22)16-12(2)20-15(17(16)21)11-13-7-9-14(10-8-13)19(3,4)5/h7-11,16,20H,2,6H2,1,3-5H3. The molecule has 0 radical (unpaired) electrons. The van der Waals surface area contributed by atoms with Crippen LogP contribution in [0.15, 0.2) is 42.2 Å². The van der Waals surface area contributed by atoms with Crippen molar-refractivity contribution in [3.05, 3.63) is 53.4 Å². The Morgan fingerprint density at radius 1 is 1.30 bits per heavy atom. The zero-order chi connectivity index (χ0) is 17.2. The Labute approximate surface area is 137 Å². The molecule has 1 saturated heterocycles. The molecule has 0 spiro atoms. The Morgan fingerprint density at radius 2 is 1.91 bits per heavy atom. The fourth-order valence-corrected chi connectivity index (χ4v) is 2.45. The molecular formula is C19H23NO3. The molecule has 1 aliphatic rings. The second-order valence-corrected chi connectivity index (χ2v) is 6.63. The van der Waals surface area contributed by atoms with Gasteiger partial charge in [0.2, 0.25) is 0 Å². The molecule has 4 nitrogen and oxygen atoms in total. The number of Topliss-reactive ketones (excluding diaryl/α,β-unsaturated/α-hetero) is 1. The third-order valence-corrected chi connectivity index (χ3v) is 3.78. The molecule has 0 amide bonds. The van der Waals surface area contributed by atoms with Crippen molar-refractivity contribution in [3.63, 3.8) is 0 Å². The van der Waals surface area contributed by atoms with Gasteiger partial charge < -0.3 is 10.1 Å². The molecule has 0 aromatic heterocycles. The van der Waals surface area contributed by atoms with Crippen LogP contribution in [0.5, 0.6) is 0 Å². The summed E-state index contributed by atoms with van der Waals surface area (Å²) in [6.45, 7) is 12.2. The Bertz CT molecular complexity index is 663. The SMILES string of the molecule is C=C1NC(=Cc2ccc(C(C)(C)C)cc2)C(=O)C1C(=O)OCC. The van der Waals surface area contributed by atoms with Gasteiger partial charge in [0.15, 0.2) is 11.7 Å². The number of benzene rings is 1. The zero-order valence-electron chi connectivity index (χ0n) is 14.1. The fourth-order valence-electron chi connectivity index (χ4n) is 2.45. The summed E-state index contributed by atoms with van der Waals surface area (Å²) in [5, 5.41) is 2.90. The Hall–Kier alpha value is -2.36. The first-order valence-corrected chi connectivity index (χ1v) is 7.73. The van der Waals surface area contributed by atoms with Crippen LogP contribution >= 0.6 is 0 Å². The highest BCUT2D eigenvalue weighted by molar-refractivity contribution is 6.14. The van der Waals surface area contributed by atoms with Gasteiger partial charge in [-0.05, 0) is 29.5 Å². The van der Waals surface area contributed by atoms with E-state index in [1.165, 1.54) is 5.56 Å². The summed E-state index contributed by atoms with van der Waals surface area (Å²) in [5.41, 5.74) is 2.93. The maximum atomic E-state index is 12.4. The summed E-state index contributed by atoms with van der Waals surface area (Å²) in [7, 11) is 0.